The van der Waals surface area contributed by atoms with E-state index in [2.05, 4.69) is 24.5 Å². The number of benzene rings is 2. The molecule has 0 aliphatic rings. The standard InChI is InChI=1S/C22H27FN2O3/c1-5-16-7-6-8-18(14(2)3)20(16)25-22(27)24-19(21(26)28-4)13-15-9-11-17(23)12-10-15/h6-12,14,19H,5,13H2,1-4H3,(H2,24,25,27). The van der Waals surface area contributed by atoms with Gasteiger partial charge in [-0.05, 0) is 41.2 Å². The van der Waals surface area contributed by atoms with Crippen LogP contribution in [0.3, 0.4) is 0 Å². The van der Waals surface area contributed by atoms with E-state index in [1.165, 1.54) is 19.2 Å². The number of hydrogen-bond acceptors (Lipinski definition) is 3. The normalized spacial score (nSPS) is 11.8. The Morgan fingerprint density at radius 2 is 1.79 bits per heavy atom. The number of carbonyl (C=O) groups is 2. The number of rotatable bonds is 7. The minimum atomic E-state index is -0.883. The van der Waals surface area contributed by atoms with E-state index >= 15 is 0 Å². The number of nitrogens with one attached hydrogen (secondary N) is 2. The highest BCUT2D eigenvalue weighted by atomic mass is 19.1. The van der Waals surface area contributed by atoms with Crippen molar-refractivity contribution >= 4 is 17.7 Å². The molecule has 2 amide bonds. The molecule has 5 nitrogen and oxygen atoms in total. The molecule has 0 fully saturated rings. The fourth-order valence-electron chi connectivity index (χ4n) is 3.05. The second-order valence-electron chi connectivity index (χ2n) is 6.89. The van der Waals surface area contributed by atoms with Crippen LogP contribution >= 0.6 is 0 Å². The molecule has 28 heavy (non-hydrogen) atoms. The third kappa shape index (κ3) is 5.55. The zero-order valence-electron chi connectivity index (χ0n) is 16.7. The molecule has 2 aromatic carbocycles. The van der Waals surface area contributed by atoms with Crippen LogP contribution in [0.1, 0.15) is 43.4 Å². The van der Waals surface area contributed by atoms with Gasteiger partial charge in [-0.2, -0.15) is 0 Å². The third-order valence-corrected chi connectivity index (χ3v) is 4.57. The minimum Gasteiger partial charge on any atom is -0.467 e. The van der Waals surface area contributed by atoms with Crippen molar-refractivity contribution in [2.45, 2.75) is 45.6 Å². The number of ether oxygens (including phenoxy) is 1. The van der Waals surface area contributed by atoms with Gasteiger partial charge in [0.1, 0.15) is 11.9 Å². The average Bonchev–Trinajstić information content (AvgIpc) is 2.68. The second kappa shape index (κ2) is 9.88. The topological polar surface area (TPSA) is 67.4 Å². The van der Waals surface area contributed by atoms with Crippen LogP contribution in [-0.4, -0.2) is 25.2 Å². The summed E-state index contributed by atoms with van der Waals surface area (Å²) < 4.78 is 17.9. The van der Waals surface area contributed by atoms with Gasteiger partial charge in [0.05, 0.1) is 7.11 Å². The number of aryl methyl sites for hydroxylation is 1. The number of hydrogen-bond donors (Lipinski definition) is 2. The summed E-state index contributed by atoms with van der Waals surface area (Å²) in [4.78, 5) is 24.8. The van der Waals surface area contributed by atoms with Crippen LogP contribution in [0.15, 0.2) is 42.5 Å². The van der Waals surface area contributed by atoms with E-state index in [4.69, 9.17) is 4.74 Å². The quantitative estimate of drug-likeness (QED) is 0.693. The van der Waals surface area contributed by atoms with E-state index in [0.717, 1.165) is 23.2 Å². The van der Waals surface area contributed by atoms with Gasteiger partial charge in [0.25, 0.3) is 0 Å². The first kappa shape index (κ1) is 21.4. The van der Waals surface area contributed by atoms with Crippen molar-refractivity contribution < 1.29 is 18.7 Å². The Morgan fingerprint density at radius 1 is 1.11 bits per heavy atom. The van der Waals surface area contributed by atoms with Crippen molar-refractivity contribution in [1.29, 1.82) is 0 Å². The lowest BCUT2D eigenvalue weighted by Crippen LogP contribution is -2.45. The number of carbonyl (C=O) groups excluding carboxylic acids is 2. The molecule has 2 aromatic rings. The lowest BCUT2D eigenvalue weighted by Gasteiger charge is -2.20. The van der Waals surface area contributed by atoms with Crippen LogP contribution < -0.4 is 10.6 Å². The maximum Gasteiger partial charge on any atom is 0.328 e. The maximum atomic E-state index is 13.1. The van der Waals surface area contributed by atoms with E-state index in [-0.39, 0.29) is 18.2 Å². The summed E-state index contributed by atoms with van der Waals surface area (Å²) in [6, 6.07) is 10.3. The molecule has 150 valence electrons. The summed E-state index contributed by atoms with van der Waals surface area (Å²) in [6.45, 7) is 6.14. The predicted octanol–water partition coefficient (Wildman–Crippen LogP) is 4.42. The van der Waals surface area contributed by atoms with Crippen molar-refractivity contribution in [3.8, 4) is 0 Å². The highest BCUT2D eigenvalue weighted by Gasteiger charge is 2.23. The molecular formula is C22H27FN2O3. The van der Waals surface area contributed by atoms with Crippen LogP contribution in [0.2, 0.25) is 0 Å². The van der Waals surface area contributed by atoms with Gasteiger partial charge < -0.3 is 15.4 Å². The molecule has 0 aliphatic carbocycles. The van der Waals surface area contributed by atoms with E-state index in [1.54, 1.807) is 12.1 Å². The van der Waals surface area contributed by atoms with Crippen LogP contribution in [0.4, 0.5) is 14.9 Å². The first-order valence-electron chi connectivity index (χ1n) is 9.37. The number of anilines is 1. The number of urea groups is 1. The van der Waals surface area contributed by atoms with Crippen molar-refractivity contribution in [2.24, 2.45) is 0 Å². The lowest BCUT2D eigenvalue weighted by atomic mass is 9.96. The zero-order chi connectivity index (χ0) is 20.7. The van der Waals surface area contributed by atoms with E-state index < -0.39 is 18.0 Å². The van der Waals surface area contributed by atoms with Gasteiger partial charge in [-0.25, -0.2) is 14.0 Å². The number of para-hydroxylation sites is 1. The van der Waals surface area contributed by atoms with Gasteiger partial charge in [0, 0.05) is 12.1 Å². The Balaban J connectivity index is 2.18. The fourth-order valence-corrected chi connectivity index (χ4v) is 3.05. The largest absolute Gasteiger partial charge is 0.467 e. The van der Waals surface area contributed by atoms with E-state index in [1.807, 2.05) is 25.1 Å². The summed E-state index contributed by atoms with van der Waals surface area (Å²) >= 11 is 0. The van der Waals surface area contributed by atoms with Gasteiger partial charge in [-0.3, -0.25) is 0 Å². The van der Waals surface area contributed by atoms with Gasteiger partial charge >= 0.3 is 12.0 Å². The van der Waals surface area contributed by atoms with Crippen molar-refractivity contribution in [3.63, 3.8) is 0 Å². The van der Waals surface area contributed by atoms with Gasteiger partial charge in [0.15, 0.2) is 0 Å². The molecule has 2 N–H and O–H groups in total. The number of esters is 1. The first-order chi connectivity index (χ1) is 13.3. The van der Waals surface area contributed by atoms with Gasteiger partial charge in [-0.15, -0.1) is 0 Å². The Labute approximate surface area is 165 Å². The van der Waals surface area contributed by atoms with Crippen molar-refractivity contribution in [3.05, 3.63) is 65.0 Å². The smallest absolute Gasteiger partial charge is 0.328 e. The molecule has 0 spiro atoms. The lowest BCUT2D eigenvalue weighted by molar-refractivity contribution is -0.142. The summed E-state index contributed by atoms with van der Waals surface area (Å²) in [5.74, 6) is -0.689. The maximum absolute atomic E-state index is 13.1. The molecule has 0 saturated heterocycles. The molecule has 2 rings (SSSR count). The van der Waals surface area contributed by atoms with Gasteiger partial charge in [-0.1, -0.05) is 51.1 Å². The van der Waals surface area contributed by atoms with E-state index in [9.17, 15) is 14.0 Å². The molecule has 0 aliphatic heterocycles. The Hall–Kier alpha value is -2.89. The third-order valence-electron chi connectivity index (χ3n) is 4.57. The summed E-state index contributed by atoms with van der Waals surface area (Å²) in [5, 5.41) is 5.58. The van der Waals surface area contributed by atoms with Crippen LogP contribution in [0, 0.1) is 5.82 Å². The number of amides is 2. The predicted molar refractivity (Wildman–Crippen MR) is 108 cm³/mol. The SMILES string of the molecule is CCc1cccc(C(C)C)c1NC(=O)NC(Cc1ccc(F)cc1)C(=O)OC. The first-order valence-corrected chi connectivity index (χ1v) is 9.37. The summed E-state index contributed by atoms with van der Waals surface area (Å²) in [7, 11) is 1.27. The molecule has 6 heteroatoms. The highest BCUT2D eigenvalue weighted by Crippen LogP contribution is 2.28. The molecule has 0 bridgehead atoms. The Kier molecular flexibility index (Phi) is 7.55. The van der Waals surface area contributed by atoms with Crippen molar-refractivity contribution in [1.82, 2.24) is 5.32 Å². The Bertz CT molecular complexity index is 819. The zero-order valence-corrected chi connectivity index (χ0v) is 16.7. The molecular weight excluding hydrogens is 359 g/mol. The van der Waals surface area contributed by atoms with E-state index in [0.29, 0.717) is 5.56 Å². The van der Waals surface area contributed by atoms with Crippen LogP contribution in [0.25, 0.3) is 0 Å². The van der Waals surface area contributed by atoms with Crippen LogP contribution in [0.5, 0.6) is 0 Å². The van der Waals surface area contributed by atoms with Gasteiger partial charge in [0.2, 0.25) is 0 Å². The van der Waals surface area contributed by atoms with Crippen LogP contribution in [-0.2, 0) is 22.4 Å². The molecule has 1 atom stereocenters. The molecule has 0 aromatic heterocycles. The highest BCUT2D eigenvalue weighted by molar-refractivity contribution is 5.94. The Morgan fingerprint density at radius 3 is 2.36 bits per heavy atom. The van der Waals surface area contributed by atoms with Crippen molar-refractivity contribution in [2.75, 3.05) is 12.4 Å². The summed E-state index contributed by atoms with van der Waals surface area (Å²) in [6.07, 6.45) is 0.971. The molecule has 0 radical (unpaired) electrons. The average molecular weight is 386 g/mol. The molecule has 1 unspecified atom stereocenters. The number of methoxy groups -OCH3 is 1. The molecule has 0 heterocycles. The number of halogens is 1. The summed E-state index contributed by atoms with van der Waals surface area (Å²) in [5.41, 5.74) is 3.54. The second-order valence-corrected chi connectivity index (χ2v) is 6.89. The fraction of sp³-hybridized carbons (Fsp3) is 0.364. The minimum absolute atomic E-state index is 0.201. The monoisotopic (exact) mass is 386 g/mol. The molecule has 0 saturated carbocycles.